The number of rotatable bonds is 6. The van der Waals surface area contributed by atoms with Gasteiger partial charge in [0.2, 0.25) is 0 Å². The smallest absolute Gasteiger partial charge is 0.258 e. The largest absolute Gasteiger partial charge is 0.493 e. The molecule has 0 fully saturated rings. The molecule has 5 rings (SSSR count). The Morgan fingerprint density at radius 2 is 1.47 bits per heavy atom. The Labute approximate surface area is 197 Å². The minimum atomic E-state index is -0.190. The van der Waals surface area contributed by atoms with Crippen molar-refractivity contribution in [1.29, 1.82) is 0 Å². The Bertz CT molecular complexity index is 1370. The number of carbonyl (C=O) groups excluding carboxylic acids is 1. The van der Waals surface area contributed by atoms with E-state index in [0.29, 0.717) is 28.5 Å². The molecule has 0 saturated carbocycles. The summed E-state index contributed by atoms with van der Waals surface area (Å²) in [5.41, 5.74) is 6.62. The zero-order valence-corrected chi connectivity index (χ0v) is 18.8. The Morgan fingerprint density at radius 1 is 0.824 bits per heavy atom. The molecule has 4 aromatic rings. The maximum Gasteiger partial charge on any atom is 0.258 e. The summed E-state index contributed by atoms with van der Waals surface area (Å²) in [5, 5.41) is 6.45. The van der Waals surface area contributed by atoms with E-state index in [9.17, 15) is 4.79 Å². The monoisotopic (exact) mass is 449 g/mol. The molecule has 0 bridgehead atoms. The summed E-state index contributed by atoms with van der Waals surface area (Å²) >= 11 is 0. The van der Waals surface area contributed by atoms with Crippen LogP contribution in [-0.2, 0) is 4.79 Å². The van der Waals surface area contributed by atoms with Crippen LogP contribution in [0.3, 0.4) is 0 Å². The van der Waals surface area contributed by atoms with Crippen molar-refractivity contribution in [3.8, 4) is 22.6 Å². The average molecular weight is 450 g/mol. The number of anilines is 2. The number of nitrogens with zero attached hydrogens (tertiary/aromatic N) is 1. The number of pyridine rings is 1. The quantitative estimate of drug-likeness (QED) is 0.370. The number of ether oxygens (including phenoxy) is 2. The first-order valence-electron chi connectivity index (χ1n) is 10.8. The van der Waals surface area contributed by atoms with Gasteiger partial charge in [-0.3, -0.25) is 9.78 Å². The molecule has 1 aliphatic rings. The number of carbonyl (C=O) groups is 1. The highest BCUT2D eigenvalue weighted by molar-refractivity contribution is 6.37. The molecular weight excluding hydrogens is 426 g/mol. The third-order valence-electron chi connectivity index (χ3n) is 5.75. The van der Waals surface area contributed by atoms with Crippen molar-refractivity contribution in [3.63, 3.8) is 0 Å². The Hall–Kier alpha value is -4.58. The van der Waals surface area contributed by atoms with E-state index in [-0.39, 0.29) is 5.91 Å². The summed E-state index contributed by atoms with van der Waals surface area (Å²) in [4.78, 5) is 17.3. The van der Waals surface area contributed by atoms with Gasteiger partial charge in [0.15, 0.2) is 11.5 Å². The number of aromatic nitrogens is 1. The molecule has 6 heteroatoms. The first-order valence-corrected chi connectivity index (χ1v) is 10.8. The van der Waals surface area contributed by atoms with Crippen LogP contribution in [-0.4, -0.2) is 25.1 Å². The van der Waals surface area contributed by atoms with Gasteiger partial charge in [0.05, 0.1) is 31.2 Å². The molecule has 1 aliphatic heterocycles. The van der Waals surface area contributed by atoms with Crippen molar-refractivity contribution >= 4 is 28.6 Å². The molecule has 2 heterocycles. The zero-order valence-electron chi connectivity index (χ0n) is 18.8. The van der Waals surface area contributed by atoms with E-state index >= 15 is 0 Å². The van der Waals surface area contributed by atoms with Gasteiger partial charge in [0, 0.05) is 29.7 Å². The molecule has 0 unspecified atom stereocenters. The van der Waals surface area contributed by atoms with Crippen LogP contribution in [0.25, 0.3) is 22.4 Å². The molecule has 0 aliphatic carbocycles. The van der Waals surface area contributed by atoms with Crippen LogP contribution >= 0.6 is 0 Å². The van der Waals surface area contributed by atoms with Crippen molar-refractivity contribution in [3.05, 3.63) is 102 Å². The van der Waals surface area contributed by atoms with Crippen LogP contribution in [0.15, 0.2) is 91.3 Å². The Morgan fingerprint density at radius 3 is 2.15 bits per heavy atom. The van der Waals surface area contributed by atoms with E-state index in [1.807, 2.05) is 72.8 Å². The lowest BCUT2D eigenvalue weighted by Gasteiger charge is -2.16. The van der Waals surface area contributed by atoms with E-state index in [1.165, 1.54) is 0 Å². The molecule has 6 nitrogen and oxygen atoms in total. The summed E-state index contributed by atoms with van der Waals surface area (Å²) < 4.78 is 10.9. The molecule has 34 heavy (non-hydrogen) atoms. The van der Waals surface area contributed by atoms with Crippen LogP contribution < -0.4 is 20.1 Å². The van der Waals surface area contributed by atoms with Gasteiger partial charge < -0.3 is 20.1 Å². The second-order valence-corrected chi connectivity index (χ2v) is 7.76. The fourth-order valence-electron chi connectivity index (χ4n) is 4.06. The number of methoxy groups -OCH3 is 2. The summed E-state index contributed by atoms with van der Waals surface area (Å²) in [6, 6.07) is 25.5. The van der Waals surface area contributed by atoms with Crippen molar-refractivity contribution in [2.75, 3.05) is 24.9 Å². The molecule has 3 aromatic carbocycles. The summed E-state index contributed by atoms with van der Waals surface area (Å²) in [5.74, 6) is 0.929. The summed E-state index contributed by atoms with van der Waals surface area (Å²) in [7, 11) is 3.16. The molecule has 2 N–H and O–H groups in total. The molecule has 0 atom stereocenters. The number of hydrogen-bond donors (Lipinski definition) is 2. The standard InChI is InChI=1S/C28H23N3O3/c1-33-24-16-22-23(17-25(24)34-2)31-28(32)26(22)27(20-6-4-3-5-7-20)30-21-10-8-18(9-11-21)19-12-14-29-15-13-19/h3-17,30H,1-2H3,(H,31,32). The van der Waals surface area contributed by atoms with Crippen LogP contribution in [0.5, 0.6) is 11.5 Å². The van der Waals surface area contributed by atoms with Gasteiger partial charge in [-0.1, -0.05) is 42.5 Å². The van der Waals surface area contributed by atoms with Crippen molar-refractivity contribution in [1.82, 2.24) is 4.98 Å². The third kappa shape index (κ3) is 3.97. The SMILES string of the molecule is COc1cc2c(cc1OC)C(=C(Nc1ccc(-c3ccncc3)cc1)c1ccccc1)C(=O)N2. The maximum atomic E-state index is 13.2. The van der Waals surface area contributed by atoms with Gasteiger partial charge in [-0.2, -0.15) is 0 Å². The highest BCUT2D eigenvalue weighted by Crippen LogP contribution is 2.43. The zero-order chi connectivity index (χ0) is 23.5. The fraction of sp³-hybridized carbons (Fsp3) is 0.0714. The van der Waals surface area contributed by atoms with Gasteiger partial charge in [-0.05, 0) is 47.0 Å². The highest BCUT2D eigenvalue weighted by atomic mass is 16.5. The lowest BCUT2D eigenvalue weighted by atomic mass is 9.99. The highest BCUT2D eigenvalue weighted by Gasteiger charge is 2.30. The molecular formula is C28H23N3O3. The van der Waals surface area contributed by atoms with Crippen LogP contribution in [0, 0.1) is 0 Å². The molecule has 0 spiro atoms. The lowest BCUT2D eigenvalue weighted by molar-refractivity contribution is -0.110. The predicted octanol–water partition coefficient (Wildman–Crippen LogP) is 5.70. The number of amides is 1. The van der Waals surface area contributed by atoms with E-state index < -0.39 is 0 Å². The summed E-state index contributed by atoms with van der Waals surface area (Å²) in [6.45, 7) is 0. The van der Waals surface area contributed by atoms with Crippen LogP contribution in [0.4, 0.5) is 11.4 Å². The Balaban J connectivity index is 1.60. The van der Waals surface area contributed by atoms with Gasteiger partial charge >= 0.3 is 0 Å². The lowest BCUT2D eigenvalue weighted by Crippen LogP contribution is -2.10. The van der Waals surface area contributed by atoms with E-state index in [4.69, 9.17) is 9.47 Å². The average Bonchev–Trinajstić information content (AvgIpc) is 3.22. The van der Waals surface area contributed by atoms with Crippen molar-refractivity contribution in [2.45, 2.75) is 0 Å². The summed E-state index contributed by atoms with van der Waals surface area (Å²) in [6.07, 6.45) is 3.55. The normalized spacial score (nSPS) is 13.6. The first kappa shape index (κ1) is 21.3. The maximum absolute atomic E-state index is 13.2. The number of benzene rings is 3. The van der Waals surface area contributed by atoms with E-state index in [1.54, 1.807) is 32.7 Å². The molecule has 168 valence electrons. The molecule has 0 radical (unpaired) electrons. The van der Waals surface area contributed by atoms with E-state index in [0.717, 1.165) is 27.9 Å². The van der Waals surface area contributed by atoms with Gasteiger partial charge in [-0.15, -0.1) is 0 Å². The van der Waals surface area contributed by atoms with Gasteiger partial charge in [0.1, 0.15) is 0 Å². The van der Waals surface area contributed by atoms with Crippen molar-refractivity contribution in [2.24, 2.45) is 0 Å². The number of hydrogen-bond acceptors (Lipinski definition) is 5. The van der Waals surface area contributed by atoms with E-state index in [2.05, 4.69) is 15.6 Å². The fourth-order valence-corrected chi connectivity index (χ4v) is 4.06. The second-order valence-electron chi connectivity index (χ2n) is 7.76. The minimum absolute atomic E-state index is 0.190. The number of nitrogens with one attached hydrogen (secondary N) is 2. The van der Waals surface area contributed by atoms with Crippen LogP contribution in [0.2, 0.25) is 0 Å². The second kappa shape index (κ2) is 9.11. The Kier molecular flexibility index (Phi) is 5.70. The third-order valence-corrected chi connectivity index (χ3v) is 5.75. The van der Waals surface area contributed by atoms with Gasteiger partial charge in [-0.25, -0.2) is 0 Å². The number of fused-ring (bicyclic) bond motifs is 1. The van der Waals surface area contributed by atoms with Crippen molar-refractivity contribution < 1.29 is 14.3 Å². The molecule has 0 saturated heterocycles. The molecule has 1 aromatic heterocycles. The predicted molar refractivity (Wildman–Crippen MR) is 135 cm³/mol. The van der Waals surface area contributed by atoms with Crippen LogP contribution in [0.1, 0.15) is 11.1 Å². The topological polar surface area (TPSA) is 72.5 Å². The minimum Gasteiger partial charge on any atom is -0.493 e. The molecule has 1 amide bonds. The van der Waals surface area contributed by atoms with Gasteiger partial charge in [0.25, 0.3) is 5.91 Å². The first-order chi connectivity index (χ1) is 16.7.